The van der Waals surface area contributed by atoms with Gasteiger partial charge in [-0.3, -0.25) is 0 Å². The standard InChI is InChI=1S/C58H37NO/c1-2-14-38(15-3-1)47-32-28-42(54-35-41-17-5-7-19-46(41)49-21-9-11-23-51(49)54)36-56(47)59(44-31-33-58-55(37-44)52-24-12-13-25-57(52)60-58)43-29-26-39(27-30-43)53-34-40-16-4-6-18-45(40)48-20-8-10-22-50(48)53/h1-37H. The van der Waals surface area contributed by atoms with Crippen LogP contribution in [0.5, 0.6) is 0 Å². The summed E-state index contributed by atoms with van der Waals surface area (Å²) in [5, 5.41) is 12.2. The molecule has 280 valence electrons. The highest BCUT2D eigenvalue weighted by atomic mass is 16.3. The van der Waals surface area contributed by atoms with Crippen LogP contribution in [0.15, 0.2) is 229 Å². The third-order valence-electron chi connectivity index (χ3n) is 12.2. The molecule has 0 fully saturated rings. The van der Waals surface area contributed by atoms with Crippen LogP contribution in [0.2, 0.25) is 0 Å². The maximum absolute atomic E-state index is 6.36. The number of anilines is 3. The van der Waals surface area contributed by atoms with Crippen molar-refractivity contribution in [1.29, 1.82) is 0 Å². The fourth-order valence-corrected chi connectivity index (χ4v) is 9.40. The highest BCUT2D eigenvalue weighted by Crippen LogP contribution is 2.46. The molecular formula is C58H37NO. The zero-order valence-electron chi connectivity index (χ0n) is 32.7. The summed E-state index contributed by atoms with van der Waals surface area (Å²) in [4.78, 5) is 2.43. The number of benzene rings is 11. The van der Waals surface area contributed by atoms with Crippen LogP contribution in [0.25, 0.3) is 98.4 Å². The lowest BCUT2D eigenvalue weighted by molar-refractivity contribution is 0.669. The number of para-hydroxylation sites is 1. The van der Waals surface area contributed by atoms with Gasteiger partial charge >= 0.3 is 0 Å². The average Bonchev–Trinajstić information content (AvgIpc) is 3.70. The van der Waals surface area contributed by atoms with Gasteiger partial charge in [0.2, 0.25) is 0 Å². The van der Waals surface area contributed by atoms with E-state index in [1.165, 1.54) is 59.8 Å². The molecular weight excluding hydrogens is 727 g/mol. The summed E-state index contributed by atoms with van der Waals surface area (Å²) in [5.41, 5.74) is 12.0. The summed E-state index contributed by atoms with van der Waals surface area (Å²) in [6, 6.07) is 81.5. The van der Waals surface area contributed by atoms with Crippen molar-refractivity contribution in [1.82, 2.24) is 0 Å². The molecule has 1 heterocycles. The van der Waals surface area contributed by atoms with Crippen LogP contribution in [0.4, 0.5) is 17.1 Å². The van der Waals surface area contributed by atoms with E-state index in [1.54, 1.807) is 0 Å². The molecule has 0 N–H and O–H groups in total. The first kappa shape index (κ1) is 34.1. The van der Waals surface area contributed by atoms with Crippen LogP contribution < -0.4 is 4.90 Å². The number of fused-ring (bicyclic) bond motifs is 9. The Hall–Kier alpha value is -7.94. The van der Waals surface area contributed by atoms with Gasteiger partial charge in [-0.2, -0.15) is 0 Å². The lowest BCUT2D eigenvalue weighted by atomic mass is 9.91. The van der Waals surface area contributed by atoms with Crippen LogP contribution in [-0.4, -0.2) is 0 Å². The van der Waals surface area contributed by atoms with E-state index < -0.39 is 0 Å². The van der Waals surface area contributed by atoms with E-state index >= 15 is 0 Å². The van der Waals surface area contributed by atoms with Gasteiger partial charge in [0.05, 0.1) is 5.69 Å². The molecule has 0 saturated carbocycles. The predicted octanol–water partition coefficient (Wildman–Crippen LogP) is 16.7. The van der Waals surface area contributed by atoms with Crippen LogP contribution in [0.3, 0.4) is 0 Å². The largest absolute Gasteiger partial charge is 0.456 e. The van der Waals surface area contributed by atoms with Crippen molar-refractivity contribution in [2.45, 2.75) is 0 Å². The highest BCUT2D eigenvalue weighted by molar-refractivity contribution is 6.15. The van der Waals surface area contributed by atoms with E-state index in [9.17, 15) is 0 Å². The molecule has 1 aromatic heterocycles. The molecule has 2 nitrogen and oxygen atoms in total. The van der Waals surface area contributed by atoms with Gasteiger partial charge in [-0.1, -0.05) is 170 Å². The quantitative estimate of drug-likeness (QED) is 0.157. The summed E-state index contributed by atoms with van der Waals surface area (Å²) in [6.07, 6.45) is 0. The Labute approximate surface area is 347 Å². The molecule has 0 unspecified atom stereocenters. The molecule has 0 bridgehead atoms. The van der Waals surface area contributed by atoms with Crippen molar-refractivity contribution in [3.63, 3.8) is 0 Å². The Morgan fingerprint density at radius 1 is 0.267 bits per heavy atom. The molecule has 0 aliphatic carbocycles. The van der Waals surface area contributed by atoms with Gasteiger partial charge in [0.1, 0.15) is 11.2 Å². The third kappa shape index (κ3) is 5.57. The van der Waals surface area contributed by atoms with E-state index in [1.807, 2.05) is 12.1 Å². The van der Waals surface area contributed by atoms with Gasteiger partial charge in [-0.15, -0.1) is 0 Å². The van der Waals surface area contributed by atoms with Crippen molar-refractivity contribution < 1.29 is 4.42 Å². The first-order valence-corrected chi connectivity index (χ1v) is 20.6. The lowest BCUT2D eigenvalue weighted by Crippen LogP contribution is -2.11. The van der Waals surface area contributed by atoms with Gasteiger partial charge < -0.3 is 9.32 Å². The zero-order chi connectivity index (χ0) is 39.6. The first-order valence-electron chi connectivity index (χ1n) is 20.6. The maximum atomic E-state index is 6.36. The molecule has 0 amide bonds. The molecule has 0 spiro atoms. The van der Waals surface area contributed by atoms with Gasteiger partial charge in [0.15, 0.2) is 0 Å². The Balaban J connectivity index is 1.11. The van der Waals surface area contributed by atoms with Gasteiger partial charge in [0, 0.05) is 27.7 Å². The highest BCUT2D eigenvalue weighted by Gasteiger charge is 2.21. The van der Waals surface area contributed by atoms with Crippen molar-refractivity contribution >= 4 is 82.1 Å². The molecule has 12 aromatic rings. The second-order valence-electron chi connectivity index (χ2n) is 15.6. The second-order valence-corrected chi connectivity index (χ2v) is 15.6. The minimum absolute atomic E-state index is 0.873. The first-order chi connectivity index (χ1) is 29.7. The SMILES string of the molecule is c1ccc(-c2ccc(-c3cc4ccccc4c4ccccc34)cc2N(c2ccc(-c3cc4ccccc4c4ccccc34)cc2)c2ccc3oc4ccccc4c3c2)cc1. The Kier molecular flexibility index (Phi) is 7.89. The van der Waals surface area contributed by atoms with Crippen LogP contribution in [0, 0.1) is 0 Å². The number of nitrogens with zero attached hydrogens (tertiary/aromatic N) is 1. The fourth-order valence-electron chi connectivity index (χ4n) is 9.40. The Morgan fingerprint density at radius 2 is 0.750 bits per heavy atom. The number of rotatable bonds is 6. The van der Waals surface area contributed by atoms with E-state index in [0.29, 0.717) is 0 Å². The minimum atomic E-state index is 0.873. The molecule has 2 heteroatoms. The second kappa shape index (κ2) is 13.9. The summed E-state index contributed by atoms with van der Waals surface area (Å²) < 4.78 is 6.36. The Bertz CT molecular complexity index is 3600. The molecule has 0 radical (unpaired) electrons. The molecule has 60 heavy (non-hydrogen) atoms. The lowest BCUT2D eigenvalue weighted by Gasteiger charge is -2.29. The zero-order valence-corrected chi connectivity index (χ0v) is 32.7. The van der Waals surface area contributed by atoms with Gasteiger partial charge in [-0.05, 0) is 126 Å². The van der Waals surface area contributed by atoms with Crippen molar-refractivity contribution in [3.05, 3.63) is 224 Å². The molecule has 0 atom stereocenters. The van der Waals surface area contributed by atoms with Crippen molar-refractivity contribution in [3.8, 4) is 33.4 Å². The maximum Gasteiger partial charge on any atom is 0.135 e. The summed E-state index contributed by atoms with van der Waals surface area (Å²) in [5.74, 6) is 0. The average molecular weight is 764 g/mol. The van der Waals surface area contributed by atoms with Gasteiger partial charge in [-0.25, -0.2) is 0 Å². The number of furan rings is 1. The van der Waals surface area contributed by atoms with E-state index in [2.05, 4.69) is 217 Å². The van der Waals surface area contributed by atoms with Gasteiger partial charge in [0.25, 0.3) is 0 Å². The summed E-state index contributed by atoms with van der Waals surface area (Å²) in [6.45, 7) is 0. The smallest absolute Gasteiger partial charge is 0.135 e. The Morgan fingerprint density at radius 3 is 1.42 bits per heavy atom. The predicted molar refractivity (Wildman–Crippen MR) is 255 cm³/mol. The minimum Gasteiger partial charge on any atom is -0.456 e. The van der Waals surface area contributed by atoms with Crippen molar-refractivity contribution in [2.75, 3.05) is 4.90 Å². The van der Waals surface area contributed by atoms with Crippen molar-refractivity contribution in [2.24, 2.45) is 0 Å². The topological polar surface area (TPSA) is 16.4 Å². The number of hydrogen-bond donors (Lipinski definition) is 0. The van der Waals surface area contributed by atoms with E-state index in [4.69, 9.17) is 4.42 Å². The number of hydrogen-bond acceptors (Lipinski definition) is 2. The molecule has 11 aromatic carbocycles. The summed E-state index contributed by atoms with van der Waals surface area (Å²) >= 11 is 0. The normalized spacial score (nSPS) is 11.7. The van der Waals surface area contributed by atoms with E-state index in [0.717, 1.165) is 55.7 Å². The fraction of sp³-hybridized carbons (Fsp3) is 0. The van der Waals surface area contributed by atoms with Crippen LogP contribution in [-0.2, 0) is 0 Å². The molecule has 0 aliphatic heterocycles. The summed E-state index contributed by atoms with van der Waals surface area (Å²) in [7, 11) is 0. The van der Waals surface area contributed by atoms with Crippen LogP contribution >= 0.6 is 0 Å². The van der Waals surface area contributed by atoms with E-state index in [-0.39, 0.29) is 0 Å². The molecule has 12 rings (SSSR count). The third-order valence-corrected chi connectivity index (χ3v) is 12.2. The molecule has 0 aliphatic rings. The monoisotopic (exact) mass is 763 g/mol. The van der Waals surface area contributed by atoms with Crippen LogP contribution in [0.1, 0.15) is 0 Å². The molecule has 0 saturated heterocycles.